The van der Waals surface area contributed by atoms with E-state index in [1.807, 2.05) is 0 Å². The van der Waals surface area contributed by atoms with Gasteiger partial charge in [0.05, 0.1) is 0 Å². The fourth-order valence-corrected chi connectivity index (χ4v) is 2.08. The van der Waals surface area contributed by atoms with Crippen LogP contribution in [0.4, 0.5) is 0 Å². The van der Waals surface area contributed by atoms with Crippen molar-refractivity contribution in [3.63, 3.8) is 0 Å². The molecule has 2 atom stereocenters. The smallest absolute Gasteiger partial charge is 0.194 e. The van der Waals surface area contributed by atoms with Crippen LogP contribution in [0.1, 0.15) is 57.8 Å². The molecule has 0 unspecified atom stereocenters. The molecular weight excluding hydrogens is 180 g/mol. The zero-order valence-electron chi connectivity index (χ0n) is 8.74. The molecule has 0 aliphatic carbocycles. The largest absolute Gasteiger partial charge is 0.318 e. The van der Waals surface area contributed by atoms with E-state index < -0.39 is 0 Å². The fraction of sp³-hybridized carbons (Fsp3) is 1.00. The molecule has 2 heterocycles. The molecule has 82 valence electrons. The second-order valence-corrected chi connectivity index (χ2v) is 4.24. The summed E-state index contributed by atoms with van der Waals surface area (Å²) < 4.78 is 5.59. The minimum atomic E-state index is -0.0978. The van der Waals surface area contributed by atoms with Crippen molar-refractivity contribution >= 4 is 0 Å². The van der Waals surface area contributed by atoms with Crippen molar-refractivity contribution in [1.82, 2.24) is 0 Å². The zero-order valence-corrected chi connectivity index (χ0v) is 8.74. The van der Waals surface area contributed by atoms with Crippen LogP contribution >= 0.6 is 0 Å². The SMILES string of the molecule is C1CCCC[C@@H]2OO[C@H](CCCC1)O2. The molecule has 0 N–H and O–H groups in total. The van der Waals surface area contributed by atoms with Crippen LogP contribution in [-0.2, 0) is 14.5 Å². The molecule has 0 aromatic heterocycles. The average molecular weight is 200 g/mol. The Bertz CT molecular complexity index is 145. The van der Waals surface area contributed by atoms with Crippen molar-refractivity contribution in [2.45, 2.75) is 70.4 Å². The molecule has 2 aliphatic rings. The molecule has 2 saturated heterocycles. The minimum Gasteiger partial charge on any atom is -0.318 e. The van der Waals surface area contributed by atoms with Gasteiger partial charge >= 0.3 is 0 Å². The van der Waals surface area contributed by atoms with E-state index in [-0.39, 0.29) is 12.6 Å². The van der Waals surface area contributed by atoms with E-state index in [9.17, 15) is 0 Å². The summed E-state index contributed by atoms with van der Waals surface area (Å²) in [5.74, 6) is 0. The van der Waals surface area contributed by atoms with Gasteiger partial charge in [-0.1, -0.05) is 32.1 Å². The average Bonchev–Trinajstić information content (AvgIpc) is 2.61. The molecule has 14 heavy (non-hydrogen) atoms. The van der Waals surface area contributed by atoms with E-state index in [0.29, 0.717) is 0 Å². The Balaban J connectivity index is 1.75. The van der Waals surface area contributed by atoms with E-state index in [4.69, 9.17) is 14.5 Å². The summed E-state index contributed by atoms with van der Waals surface area (Å²) in [5, 5.41) is 0. The molecule has 2 bridgehead atoms. The molecular formula is C11H20O3. The number of rotatable bonds is 0. The highest BCUT2D eigenvalue weighted by atomic mass is 17.3. The predicted molar refractivity (Wildman–Crippen MR) is 52.4 cm³/mol. The van der Waals surface area contributed by atoms with Crippen LogP contribution in [0.5, 0.6) is 0 Å². The Morgan fingerprint density at radius 3 is 1.50 bits per heavy atom. The second kappa shape index (κ2) is 5.69. The summed E-state index contributed by atoms with van der Waals surface area (Å²) >= 11 is 0. The number of hydrogen-bond acceptors (Lipinski definition) is 3. The molecule has 3 nitrogen and oxygen atoms in total. The van der Waals surface area contributed by atoms with Gasteiger partial charge in [-0.15, -0.1) is 0 Å². The van der Waals surface area contributed by atoms with Gasteiger partial charge in [0.1, 0.15) is 0 Å². The molecule has 2 fully saturated rings. The first-order valence-electron chi connectivity index (χ1n) is 5.93. The Kier molecular flexibility index (Phi) is 4.22. The van der Waals surface area contributed by atoms with Crippen LogP contribution in [0.2, 0.25) is 0 Å². The van der Waals surface area contributed by atoms with Crippen LogP contribution in [0.3, 0.4) is 0 Å². The number of hydrogen-bond donors (Lipinski definition) is 0. The third kappa shape index (κ3) is 3.23. The third-order valence-electron chi connectivity index (χ3n) is 2.95. The lowest BCUT2D eigenvalue weighted by molar-refractivity contribution is -0.298. The van der Waals surface area contributed by atoms with Crippen LogP contribution in [-0.4, -0.2) is 12.6 Å². The van der Waals surface area contributed by atoms with E-state index >= 15 is 0 Å². The highest BCUT2D eigenvalue weighted by molar-refractivity contribution is 4.56. The van der Waals surface area contributed by atoms with Crippen LogP contribution in [0.15, 0.2) is 0 Å². The summed E-state index contributed by atoms with van der Waals surface area (Å²) in [4.78, 5) is 10.2. The van der Waals surface area contributed by atoms with Gasteiger partial charge in [-0.25, -0.2) is 9.78 Å². The maximum atomic E-state index is 5.59. The van der Waals surface area contributed by atoms with Gasteiger partial charge < -0.3 is 4.74 Å². The third-order valence-corrected chi connectivity index (χ3v) is 2.95. The zero-order chi connectivity index (χ0) is 9.64. The summed E-state index contributed by atoms with van der Waals surface area (Å²) in [6.07, 6.45) is 10.9. The topological polar surface area (TPSA) is 27.7 Å². The molecule has 0 saturated carbocycles. The molecule has 0 aromatic rings. The first-order valence-corrected chi connectivity index (χ1v) is 5.93. The van der Waals surface area contributed by atoms with Crippen molar-refractivity contribution in [1.29, 1.82) is 0 Å². The summed E-state index contributed by atoms with van der Waals surface area (Å²) in [7, 11) is 0. The molecule has 2 aliphatic heterocycles. The molecule has 2 rings (SSSR count). The maximum absolute atomic E-state index is 5.59. The summed E-state index contributed by atoms with van der Waals surface area (Å²) in [6, 6.07) is 0. The highest BCUT2D eigenvalue weighted by Gasteiger charge is 2.26. The van der Waals surface area contributed by atoms with Gasteiger partial charge in [0.25, 0.3) is 0 Å². The van der Waals surface area contributed by atoms with Crippen molar-refractivity contribution in [2.75, 3.05) is 0 Å². The minimum absolute atomic E-state index is 0.0978. The predicted octanol–water partition coefficient (Wildman–Crippen LogP) is 3.14. The summed E-state index contributed by atoms with van der Waals surface area (Å²) in [5.41, 5.74) is 0. The van der Waals surface area contributed by atoms with Crippen LogP contribution < -0.4 is 0 Å². The highest BCUT2D eigenvalue weighted by Crippen LogP contribution is 2.23. The van der Waals surface area contributed by atoms with E-state index in [1.54, 1.807) is 0 Å². The molecule has 0 aromatic carbocycles. The maximum Gasteiger partial charge on any atom is 0.194 e. The van der Waals surface area contributed by atoms with Gasteiger partial charge in [-0.05, 0) is 12.8 Å². The van der Waals surface area contributed by atoms with Crippen LogP contribution in [0, 0.1) is 0 Å². The van der Waals surface area contributed by atoms with Gasteiger partial charge in [0.2, 0.25) is 0 Å². The lowest BCUT2D eigenvalue weighted by Gasteiger charge is -2.09. The van der Waals surface area contributed by atoms with Crippen molar-refractivity contribution < 1.29 is 14.5 Å². The first kappa shape index (κ1) is 10.4. The number of ether oxygens (including phenoxy) is 1. The Morgan fingerprint density at radius 1 is 0.571 bits per heavy atom. The van der Waals surface area contributed by atoms with Gasteiger partial charge in [0, 0.05) is 12.8 Å². The van der Waals surface area contributed by atoms with Gasteiger partial charge in [-0.3, -0.25) is 0 Å². The van der Waals surface area contributed by atoms with Gasteiger partial charge in [0.15, 0.2) is 12.6 Å². The Morgan fingerprint density at radius 2 is 1.00 bits per heavy atom. The molecule has 0 radical (unpaired) electrons. The normalized spacial score (nSPS) is 36.0. The lowest BCUT2D eigenvalue weighted by atomic mass is 10.1. The molecule has 0 amide bonds. The van der Waals surface area contributed by atoms with Gasteiger partial charge in [-0.2, -0.15) is 0 Å². The standard InChI is InChI=1S/C11H20O3/c1-2-4-6-8-10-12-11(14-13-10)9-7-5-3-1/h10-11H,1-9H2/t10-,11+. The fourth-order valence-electron chi connectivity index (χ4n) is 2.08. The number of fused-ring (bicyclic) bond motifs is 2. The van der Waals surface area contributed by atoms with Crippen molar-refractivity contribution in [3.8, 4) is 0 Å². The van der Waals surface area contributed by atoms with E-state index in [2.05, 4.69) is 0 Å². The van der Waals surface area contributed by atoms with E-state index in [0.717, 1.165) is 12.8 Å². The Hall–Kier alpha value is -0.120. The molecule has 0 spiro atoms. The van der Waals surface area contributed by atoms with Crippen molar-refractivity contribution in [3.05, 3.63) is 0 Å². The molecule has 3 heteroatoms. The second-order valence-electron chi connectivity index (χ2n) is 4.24. The monoisotopic (exact) mass is 200 g/mol. The summed E-state index contributed by atoms with van der Waals surface area (Å²) in [6.45, 7) is 0. The van der Waals surface area contributed by atoms with Crippen molar-refractivity contribution in [2.24, 2.45) is 0 Å². The van der Waals surface area contributed by atoms with Crippen LogP contribution in [0.25, 0.3) is 0 Å². The van der Waals surface area contributed by atoms with E-state index in [1.165, 1.54) is 44.9 Å². The lowest BCUT2D eigenvalue weighted by Crippen LogP contribution is -2.12. The first-order chi connectivity index (χ1) is 6.95. The quantitative estimate of drug-likeness (QED) is 0.562. The Labute approximate surface area is 85.6 Å².